The minimum atomic E-state index is -1.28. The molecule has 0 radical (unpaired) electrons. The van der Waals surface area contributed by atoms with Crippen LogP contribution in [0.3, 0.4) is 0 Å². The van der Waals surface area contributed by atoms with E-state index in [1.807, 2.05) is 65.6 Å². The predicted molar refractivity (Wildman–Crippen MR) is 156 cm³/mol. The van der Waals surface area contributed by atoms with Gasteiger partial charge in [-0.25, -0.2) is 0 Å². The van der Waals surface area contributed by atoms with Crippen molar-refractivity contribution in [2.24, 2.45) is 11.1 Å². The maximum atomic E-state index is 14.9. The molecule has 6 nitrogen and oxygen atoms in total. The van der Waals surface area contributed by atoms with E-state index in [2.05, 4.69) is 0 Å². The van der Waals surface area contributed by atoms with Crippen LogP contribution in [0.2, 0.25) is 0 Å². The smallest absolute Gasteiger partial charge is 0.238 e. The van der Waals surface area contributed by atoms with Crippen molar-refractivity contribution >= 4 is 11.8 Å². The summed E-state index contributed by atoms with van der Waals surface area (Å²) in [6.07, 6.45) is 10.5. The van der Waals surface area contributed by atoms with Gasteiger partial charge in [-0.1, -0.05) is 106 Å². The van der Waals surface area contributed by atoms with Crippen molar-refractivity contribution in [3.05, 3.63) is 71.8 Å². The molecule has 0 aliphatic heterocycles. The zero-order valence-corrected chi connectivity index (χ0v) is 23.8. The van der Waals surface area contributed by atoms with Gasteiger partial charge in [-0.3, -0.25) is 9.59 Å². The summed E-state index contributed by atoms with van der Waals surface area (Å²) in [6, 6.07) is 18.9. The molecule has 2 aromatic carbocycles. The summed E-state index contributed by atoms with van der Waals surface area (Å²) < 4.78 is 0. The Morgan fingerprint density at radius 1 is 0.650 bits per heavy atom. The minimum absolute atomic E-state index is 0.300. The first-order valence-electron chi connectivity index (χ1n) is 15.4. The van der Waals surface area contributed by atoms with Gasteiger partial charge < -0.3 is 20.8 Å². The number of nitrogens with two attached hydrogens (primary N) is 1. The van der Waals surface area contributed by atoms with E-state index in [-0.39, 0.29) is 5.91 Å². The van der Waals surface area contributed by atoms with E-state index in [4.69, 9.17) is 5.73 Å². The van der Waals surface area contributed by atoms with E-state index in [1.165, 1.54) is 0 Å². The Labute approximate surface area is 239 Å². The molecule has 2 aromatic rings. The molecular formula is C34H46N2O4. The van der Waals surface area contributed by atoms with Crippen molar-refractivity contribution in [3.63, 3.8) is 0 Å². The van der Waals surface area contributed by atoms with Crippen molar-refractivity contribution in [2.45, 2.75) is 120 Å². The number of hydrogen-bond donors (Lipinski definition) is 3. The number of amides is 2. The normalized spacial score (nSPS) is 22.9. The van der Waals surface area contributed by atoms with E-state index in [1.54, 1.807) is 0 Å². The fourth-order valence-electron chi connectivity index (χ4n) is 7.61. The largest absolute Gasteiger partial charge is 0.388 e. The molecule has 0 heterocycles. The first-order chi connectivity index (χ1) is 19.3. The van der Waals surface area contributed by atoms with Crippen LogP contribution in [0.4, 0.5) is 0 Å². The number of nitrogens with zero attached hydrogens (tertiary/aromatic N) is 1. The maximum Gasteiger partial charge on any atom is 0.238 e. The predicted octanol–water partition coefficient (Wildman–Crippen LogP) is 5.08. The van der Waals surface area contributed by atoms with Crippen molar-refractivity contribution in [2.75, 3.05) is 0 Å². The summed E-state index contributed by atoms with van der Waals surface area (Å²) in [5.74, 6) is -0.886. The van der Waals surface area contributed by atoms with E-state index in [0.717, 1.165) is 56.1 Å². The van der Waals surface area contributed by atoms with E-state index in [9.17, 15) is 19.8 Å². The van der Waals surface area contributed by atoms with Crippen LogP contribution in [0.1, 0.15) is 94.6 Å². The molecule has 216 valence electrons. The van der Waals surface area contributed by atoms with Gasteiger partial charge in [0.05, 0.1) is 23.3 Å². The van der Waals surface area contributed by atoms with E-state index >= 15 is 0 Å². The molecule has 40 heavy (non-hydrogen) atoms. The molecule has 3 fully saturated rings. The van der Waals surface area contributed by atoms with Gasteiger partial charge in [0.15, 0.2) is 0 Å². The molecule has 2 amide bonds. The summed E-state index contributed by atoms with van der Waals surface area (Å²) in [5.41, 5.74) is 4.53. The average Bonchev–Trinajstić information content (AvgIpc) is 2.93. The Balaban J connectivity index is 1.68. The highest BCUT2D eigenvalue weighted by atomic mass is 16.3. The van der Waals surface area contributed by atoms with Crippen LogP contribution in [0, 0.1) is 5.41 Å². The van der Waals surface area contributed by atoms with Gasteiger partial charge in [-0.2, -0.15) is 0 Å². The summed E-state index contributed by atoms with van der Waals surface area (Å²) in [7, 11) is 0. The number of hydrogen-bond acceptors (Lipinski definition) is 4. The SMILES string of the molecule is NC(=O)C1(C(=O)N([C@H](Cc2ccccc2)C2(O)CCCCC2)[C@H](Cc2ccccc2)C2(O)CCCCC2)CCC1. The van der Waals surface area contributed by atoms with Gasteiger partial charge in [0.1, 0.15) is 5.41 Å². The lowest BCUT2D eigenvalue weighted by Gasteiger charge is -2.55. The second-order valence-corrected chi connectivity index (χ2v) is 12.8. The Hall–Kier alpha value is -2.70. The molecule has 0 spiro atoms. The molecule has 3 aliphatic carbocycles. The zero-order chi connectivity index (χ0) is 28.2. The quantitative estimate of drug-likeness (QED) is 0.361. The Morgan fingerprint density at radius 3 is 1.38 bits per heavy atom. The first-order valence-corrected chi connectivity index (χ1v) is 15.4. The molecule has 0 aromatic heterocycles. The van der Waals surface area contributed by atoms with Crippen LogP contribution in [-0.2, 0) is 22.4 Å². The van der Waals surface area contributed by atoms with Crippen LogP contribution in [0.25, 0.3) is 0 Å². The molecule has 0 bridgehead atoms. The maximum absolute atomic E-state index is 14.9. The Morgan fingerprint density at radius 2 is 1.05 bits per heavy atom. The number of primary amides is 1. The summed E-state index contributed by atoms with van der Waals surface area (Å²) in [6.45, 7) is 0. The topological polar surface area (TPSA) is 104 Å². The van der Waals surface area contributed by atoms with E-state index in [0.29, 0.717) is 51.4 Å². The fourth-order valence-corrected chi connectivity index (χ4v) is 7.61. The molecular weight excluding hydrogens is 500 g/mol. The minimum Gasteiger partial charge on any atom is -0.388 e. The zero-order valence-electron chi connectivity index (χ0n) is 23.8. The third-order valence-electron chi connectivity index (χ3n) is 10.2. The van der Waals surface area contributed by atoms with Gasteiger partial charge >= 0.3 is 0 Å². The molecule has 5 rings (SSSR count). The third-order valence-corrected chi connectivity index (χ3v) is 10.2. The lowest BCUT2D eigenvalue weighted by molar-refractivity contribution is -0.180. The van der Waals surface area contributed by atoms with Crippen LogP contribution in [0.15, 0.2) is 60.7 Å². The van der Waals surface area contributed by atoms with Gasteiger partial charge in [0.2, 0.25) is 11.8 Å². The highest BCUT2D eigenvalue weighted by Crippen LogP contribution is 2.47. The van der Waals surface area contributed by atoms with Crippen LogP contribution in [-0.4, -0.2) is 50.2 Å². The number of rotatable bonds is 10. The molecule has 3 aliphatic rings. The molecule has 0 unspecified atom stereocenters. The van der Waals surface area contributed by atoms with Crippen LogP contribution >= 0.6 is 0 Å². The molecule has 2 atom stereocenters. The standard InChI is InChI=1S/C34H46N2O4/c35-30(37)32(18-13-19-32)31(38)36(28(24-26-14-5-1-6-15-26)33(39)20-9-3-10-21-33)29(25-27-16-7-2-8-17-27)34(40)22-11-4-12-23-34/h1-2,5-8,14-17,28-29,39-40H,3-4,9-13,18-25H2,(H2,35,37)/t28-,29-/m1/s1. The van der Waals surface area contributed by atoms with E-state index < -0.39 is 34.6 Å². The molecule has 4 N–H and O–H groups in total. The monoisotopic (exact) mass is 546 g/mol. The number of carbonyl (C=O) groups is 2. The second kappa shape index (κ2) is 12.0. The first kappa shape index (κ1) is 28.8. The second-order valence-electron chi connectivity index (χ2n) is 12.8. The lowest BCUT2D eigenvalue weighted by atomic mass is 9.65. The molecule has 3 saturated carbocycles. The summed E-state index contributed by atoms with van der Waals surface area (Å²) in [4.78, 5) is 29.7. The van der Waals surface area contributed by atoms with Crippen molar-refractivity contribution in [1.82, 2.24) is 4.90 Å². The van der Waals surface area contributed by atoms with Gasteiger partial charge in [-0.05, 0) is 62.5 Å². The summed E-state index contributed by atoms with van der Waals surface area (Å²) in [5, 5.41) is 24.8. The number of aliphatic hydroxyl groups is 2. The van der Waals surface area contributed by atoms with Gasteiger partial charge in [-0.15, -0.1) is 0 Å². The van der Waals surface area contributed by atoms with Gasteiger partial charge in [0.25, 0.3) is 0 Å². The number of benzene rings is 2. The Bertz CT molecular complexity index is 1070. The van der Waals surface area contributed by atoms with Crippen molar-refractivity contribution in [3.8, 4) is 0 Å². The van der Waals surface area contributed by atoms with Crippen molar-refractivity contribution in [1.29, 1.82) is 0 Å². The molecule has 6 heteroatoms. The Kier molecular flexibility index (Phi) is 8.67. The number of carbonyl (C=O) groups excluding carboxylic acids is 2. The van der Waals surface area contributed by atoms with Crippen LogP contribution in [0.5, 0.6) is 0 Å². The van der Waals surface area contributed by atoms with Gasteiger partial charge in [0, 0.05) is 0 Å². The highest BCUT2D eigenvalue weighted by molar-refractivity contribution is 6.05. The molecule has 0 saturated heterocycles. The van der Waals surface area contributed by atoms with Crippen molar-refractivity contribution < 1.29 is 19.8 Å². The highest BCUT2D eigenvalue weighted by Gasteiger charge is 2.58. The average molecular weight is 547 g/mol. The third kappa shape index (κ3) is 5.71. The summed E-state index contributed by atoms with van der Waals surface area (Å²) >= 11 is 0. The fraction of sp³-hybridized carbons (Fsp3) is 0.588. The lowest BCUT2D eigenvalue weighted by Crippen LogP contribution is -2.69. The van der Waals surface area contributed by atoms with Crippen LogP contribution < -0.4 is 5.73 Å².